The van der Waals surface area contributed by atoms with E-state index in [2.05, 4.69) is 170 Å². The van der Waals surface area contributed by atoms with Crippen molar-refractivity contribution in [3.05, 3.63) is 163 Å². The summed E-state index contributed by atoms with van der Waals surface area (Å²) in [5.74, 6) is 0. The summed E-state index contributed by atoms with van der Waals surface area (Å²) in [5, 5.41) is 4.66. The zero-order chi connectivity index (χ0) is 30.1. The van der Waals surface area contributed by atoms with Gasteiger partial charge in [-0.1, -0.05) is 141 Å². The molecule has 0 aliphatic heterocycles. The lowest BCUT2D eigenvalue weighted by Crippen LogP contribution is -2.16. The third-order valence-electron chi connectivity index (χ3n) is 9.65. The van der Waals surface area contributed by atoms with Crippen LogP contribution < -0.4 is 4.90 Å². The summed E-state index contributed by atoms with van der Waals surface area (Å²) < 4.78 is 6.85. The monoisotopic (exact) mass is 577 g/mol. The van der Waals surface area contributed by atoms with Gasteiger partial charge in [-0.25, -0.2) is 0 Å². The van der Waals surface area contributed by atoms with E-state index >= 15 is 0 Å². The van der Waals surface area contributed by atoms with Gasteiger partial charge in [-0.3, -0.25) is 0 Å². The molecule has 0 saturated carbocycles. The largest absolute Gasteiger partial charge is 0.454 e. The third-order valence-corrected chi connectivity index (χ3v) is 9.65. The van der Waals surface area contributed by atoms with Crippen LogP contribution in [-0.4, -0.2) is 0 Å². The lowest BCUT2D eigenvalue weighted by atomic mass is 9.82. The van der Waals surface area contributed by atoms with Gasteiger partial charge in [0.15, 0.2) is 5.58 Å². The number of anilines is 3. The first-order chi connectivity index (χ1) is 22.1. The van der Waals surface area contributed by atoms with E-state index in [1.54, 1.807) is 0 Å². The Morgan fingerprint density at radius 3 is 2.02 bits per heavy atom. The Bertz CT molecular complexity index is 2410. The van der Waals surface area contributed by atoms with Crippen molar-refractivity contribution in [2.24, 2.45) is 0 Å². The first-order valence-corrected chi connectivity index (χ1v) is 15.6. The molecule has 0 radical (unpaired) electrons. The van der Waals surface area contributed by atoms with Crippen LogP contribution in [0.2, 0.25) is 0 Å². The van der Waals surface area contributed by atoms with Crippen LogP contribution in [0, 0.1) is 0 Å². The van der Waals surface area contributed by atoms with Crippen LogP contribution in [0.5, 0.6) is 0 Å². The van der Waals surface area contributed by atoms with Gasteiger partial charge in [0, 0.05) is 27.3 Å². The topological polar surface area (TPSA) is 16.4 Å². The fourth-order valence-corrected chi connectivity index (χ4v) is 7.56. The van der Waals surface area contributed by atoms with Crippen molar-refractivity contribution in [3.8, 4) is 22.3 Å². The molecule has 45 heavy (non-hydrogen) atoms. The van der Waals surface area contributed by atoms with Crippen LogP contribution in [0.15, 0.2) is 156 Å². The number of fused-ring (bicyclic) bond motifs is 8. The molecule has 2 heteroatoms. The van der Waals surface area contributed by atoms with Crippen molar-refractivity contribution in [1.82, 2.24) is 0 Å². The molecule has 9 rings (SSSR count). The van der Waals surface area contributed by atoms with E-state index in [0.717, 1.165) is 39.0 Å². The molecule has 0 N–H and O–H groups in total. The third kappa shape index (κ3) is 3.76. The van der Waals surface area contributed by atoms with Crippen molar-refractivity contribution in [2.45, 2.75) is 19.3 Å². The van der Waals surface area contributed by atoms with E-state index in [1.807, 2.05) is 0 Å². The molecule has 214 valence electrons. The molecule has 0 spiro atoms. The van der Waals surface area contributed by atoms with Crippen LogP contribution in [-0.2, 0) is 5.41 Å². The molecule has 0 saturated heterocycles. The summed E-state index contributed by atoms with van der Waals surface area (Å²) in [6.07, 6.45) is 0. The molecule has 0 fully saturated rings. The summed E-state index contributed by atoms with van der Waals surface area (Å²) in [5.41, 5.74) is 12.5. The molecule has 0 bridgehead atoms. The Labute approximate surface area is 262 Å². The summed E-state index contributed by atoms with van der Waals surface area (Å²) in [7, 11) is 0. The molecular formula is C43H31NO. The zero-order valence-electron chi connectivity index (χ0n) is 25.3. The van der Waals surface area contributed by atoms with Crippen LogP contribution in [0.3, 0.4) is 0 Å². The number of rotatable bonds is 4. The first-order valence-electron chi connectivity index (χ1n) is 15.6. The van der Waals surface area contributed by atoms with Crippen molar-refractivity contribution < 1.29 is 4.42 Å². The molecule has 1 aromatic heterocycles. The number of nitrogens with zero attached hydrogens (tertiary/aromatic N) is 1. The van der Waals surface area contributed by atoms with Gasteiger partial charge in [0.2, 0.25) is 0 Å². The van der Waals surface area contributed by atoms with E-state index in [1.165, 1.54) is 44.2 Å². The highest BCUT2D eigenvalue weighted by atomic mass is 16.3. The van der Waals surface area contributed by atoms with Crippen LogP contribution in [0.1, 0.15) is 25.0 Å². The van der Waals surface area contributed by atoms with Gasteiger partial charge in [-0.15, -0.1) is 0 Å². The van der Waals surface area contributed by atoms with Gasteiger partial charge in [0.25, 0.3) is 0 Å². The normalized spacial score (nSPS) is 13.3. The van der Waals surface area contributed by atoms with E-state index in [-0.39, 0.29) is 5.41 Å². The molecule has 0 unspecified atom stereocenters. The van der Waals surface area contributed by atoms with Crippen LogP contribution in [0.25, 0.3) is 55.0 Å². The highest BCUT2D eigenvalue weighted by molar-refractivity contribution is 6.23. The lowest BCUT2D eigenvalue weighted by Gasteiger charge is -2.31. The minimum atomic E-state index is -0.120. The molecule has 2 nitrogen and oxygen atoms in total. The van der Waals surface area contributed by atoms with Gasteiger partial charge >= 0.3 is 0 Å². The molecule has 1 heterocycles. The van der Waals surface area contributed by atoms with Crippen LogP contribution in [0.4, 0.5) is 17.1 Å². The number of para-hydroxylation sites is 2. The minimum Gasteiger partial charge on any atom is -0.454 e. The number of hydrogen-bond donors (Lipinski definition) is 0. The van der Waals surface area contributed by atoms with Crippen molar-refractivity contribution in [3.63, 3.8) is 0 Å². The van der Waals surface area contributed by atoms with Gasteiger partial charge < -0.3 is 9.32 Å². The molecule has 0 atom stereocenters. The Morgan fingerprint density at radius 1 is 0.511 bits per heavy atom. The maximum atomic E-state index is 6.85. The molecular weight excluding hydrogens is 546 g/mol. The second kappa shape index (κ2) is 9.70. The number of benzene rings is 7. The van der Waals surface area contributed by atoms with Gasteiger partial charge in [-0.05, 0) is 57.3 Å². The summed E-state index contributed by atoms with van der Waals surface area (Å²) in [6, 6.07) is 54.6. The average molecular weight is 578 g/mol. The highest BCUT2D eigenvalue weighted by Gasteiger charge is 2.38. The Balaban J connectivity index is 1.45. The van der Waals surface area contributed by atoms with Gasteiger partial charge in [0.1, 0.15) is 5.58 Å². The molecule has 1 aliphatic rings. The average Bonchev–Trinajstić information content (AvgIpc) is 3.59. The molecule has 0 amide bonds. The Hall–Kier alpha value is -5.60. The van der Waals surface area contributed by atoms with Gasteiger partial charge in [-0.2, -0.15) is 0 Å². The second-order valence-electron chi connectivity index (χ2n) is 12.5. The van der Waals surface area contributed by atoms with Gasteiger partial charge in [0.05, 0.1) is 17.1 Å². The van der Waals surface area contributed by atoms with E-state index in [0.29, 0.717) is 0 Å². The standard InChI is InChI=1S/C43H31NO/c1-43(2)34-22-11-8-20-32(34)41-35(43)23-14-25-37(41)44(36-24-12-9-18-30(36)28-15-4-3-5-16-28)38-27-29-17-6-7-19-31(29)40-33-21-10-13-26-39(33)45-42(38)40/h3-27H,1-2H3. The predicted molar refractivity (Wildman–Crippen MR) is 189 cm³/mol. The molecule has 8 aromatic rings. The molecule has 7 aromatic carbocycles. The minimum absolute atomic E-state index is 0.120. The first kappa shape index (κ1) is 25.9. The van der Waals surface area contributed by atoms with Crippen molar-refractivity contribution in [1.29, 1.82) is 0 Å². The van der Waals surface area contributed by atoms with E-state index in [9.17, 15) is 0 Å². The maximum Gasteiger partial charge on any atom is 0.160 e. The lowest BCUT2D eigenvalue weighted by molar-refractivity contribution is 0.660. The summed E-state index contributed by atoms with van der Waals surface area (Å²) in [6.45, 7) is 4.69. The quantitative estimate of drug-likeness (QED) is 0.207. The van der Waals surface area contributed by atoms with Crippen molar-refractivity contribution in [2.75, 3.05) is 4.90 Å². The predicted octanol–water partition coefficient (Wildman–Crippen LogP) is 12.2. The Kier molecular flexibility index (Phi) is 5.58. The highest BCUT2D eigenvalue weighted by Crippen LogP contribution is 2.56. The van der Waals surface area contributed by atoms with E-state index in [4.69, 9.17) is 4.42 Å². The number of furan rings is 1. The van der Waals surface area contributed by atoms with E-state index < -0.39 is 0 Å². The number of hydrogen-bond acceptors (Lipinski definition) is 2. The summed E-state index contributed by atoms with van der Waals surface area (Å²) in [4.78, 5) is 2.45. The smallest absolute Gasteiger partial charge is 0.160 e. The fourth-order valence-electron chi connectivity index (χ4n) is 7.56. The molecule has 1 aliphatic carbocycles. The SMILES string of the molecule is CC1(C)c2ccccc2-c2c(N(c3ccccc3-c3ccccc3)c3cc4ccccc4c4c3oc3ccccc34)cccc21. The maximum absolute atomic E-state index is 6.85. The zero-order valence-corrected chi connectivity index (χ0v) is 25.3. The summed E-state index contributed by atoms with van der Waals surface area (Å²) >= 11 is 0. The second-order valence-corrected chi connectivity index (χ2v) is 12.5. The Morgan fingerprint density at radius 2 is 1.16 bits per heavy atom. The fraction of sp³-hybridized carbons (Fsp3) is 0.0698. The van der Waals surface area contributed by atoms with Crippen molar-refractivity contribution >= 4 is 49.8 Å². The van der Waals surface area contributed by atoms with Crippen LogP contribution >= 0.6 is 0 Å².